The third kappa shape index (κ3) is 2.21. The fourth-order valence-corrected chi connectivity index (χ4v) is 8.98. The van der Waals surface area contributed by atoms with E-state index in [1.54, 1.807) is 0 Å². The summed E-state index contributed by atoms with van der Waals surface area (Å²) < 4.78 is 5.63. The van der Waals surface area contributed by atoms with Crippen molar-refractivity contribution in [2.45, 2.75) is 22.6 Å². The van der Waals surface area contributed by atoms with E-state index >= 15 is 0 Å². The van der Waals surface area contributed by atoms with Crippen molar-refractivity contribution in [3.05, 3.63) is 48.4 Å². The maximum absolute atomic E-state index is 13.0. The highest BCUT2D eigenvalue weighted by Gasteiger charge is 2.67. The number of fused-ring (bicyclic) bond motifs is 6. The second-order valence-electron chi connectivity index (χ2n) is 8.20. The molecule has 0 spiro atoms. The maximum Gasteiger partial charge on any atom is 0.315 e. The molecule has 2 bridgehead atoms. The van der Waals surface area contributed by atoms with Crippen LogP contribution in [0.5, 0.6) is 5.75 Å². The van der Waals surface area contributed by atoms with Crippen LogP contribution < -0.4 is 9.61 Å². The smallest absolute Gasteiger partial charge is 0.315 e. The molecule has 7 unspecified atom stereocenters. The summed E-state index contributed by atoms with van der Waals surface area (Å²) in [6.07, 6.45) is 0.596. The summed E-state index contributed by atoms with van der Waals surface area (Å²) in [6.45, 7) is 0. The summed E-state index contributed by atoms with van der Waals surface area (Å²) in [4.78, 5) is 51.5. The van der Waals surface area contributed by atoms with Gasteiger partial charge in [-0.2, -0.15) is 0 Å². The largest absolute Gasteiger partial charge is 0.481 e. The number of esters is 1. The number of carbonyl (C=O) groups excluding carboxylic acids is 1. The van der Waals surface area contributed by atoms with E-state index in [0.717, 1.165) is 16.2 Å². The number of hydrogen-bond donors (Lipinski definition) is 2. The van der Waals surface area contributed by atoms with Gasteiger partial charge < -0.3 is 14.8 Å². The number of rotatable bonds is 2. The monoisotopic (exact) mass is 446 g/mol. The second kappa shape index (κ2) is 5.94. The van der Waals surface area contributed by atoms with Crippen LogP contribution in [-0.2, 0) is 9.59 Å². The summed E-state index contributed by atoms with van der Waals surface area (Å²) in [7, 11) is 0. The van der Waals surface area contributed by atoms with E-state index in [-0.39, 0.29) is 45.2 Å². The lowest BCUT2D eigenvalue weighted by molar-refractivity contribution is -0.385. The van der Waals surface area contributed by atoms with Crippen molar-refractivity contribution in [1.82, 2.24) is 4.98 Å². The number of thioether (sulfide) groups is 1. The lowest BCUT2D eigenvalue weighted by atomic mass is 9.66. The Balaban J connectivity index is 1.63. The van der Waals surface area contributed by atoms with Gasteiger partial charge in [-0.15, -0.1) is 11.8 Å². The Morgan fingerprint density at radius 3 is 2.83 bits per heavy atom. The molecule has 6 rings (SSSR count). The highest BCUT2D eigenvalue weighted by molar-refractivity contribution is 8.00. The molecule has 2 fully saturated rings. The maximum atomic E-state index is 13.0. The predicted octanol–water partition coefficient (Wildman–Crippen LogP) is 2.45. The first-order chi connectivity index (χ1) is 14.3. The van der Waals surface area contributed by atoms with E-state index in [9.17, 15) is 29.6 Å². The van der Waals surface area contributed by atoms with Crippen LogP contribution in [0.15, 0.2) is 28.0 Å². The van der Waals surface area contributed by atoms with Gasteiger partial charge in [-0.1, -0.05) is 11.3 Å². The van der Waals surface area contributed by atoms with E-state index in [1.165, 1.54) is 30.0 Å². The van der Waals surface area contributed by atoms with Crippen LogP contribution >= 0.6 is 23.1 Å². The molecule has 30 heavy (non-hydrogen) atoms. The Hall–Kier alpha value is -2.66. The molecular formula is C19H14N2O7S2. The molecular weight excluding hydrogens is 432 g/mol. The molecule has 4 aliphatic rings. The third-order valence-corrected chi connectivity index (χ3v) is 9.61. The number of hydrogen-bond acceptors (Lipinski definition) is 8. The lowest BCUT2D eigenvalue weighted by Crippen LogP contribution is -2.49. The highest BCUT2D eigenvalue weighted by atomic mass is 32.2. The lowest BCUT2D eigenvalue weighted by Gasteiger charge is -2.45. The molecule has 2 saturated carbocycles. The number of aliphatic carboxylic acids is 1. The number of non-ortho nitro benzene ring substituents is 1. The van der Waals surface area contributed by atoms with Crippen molar-refractivity contribution < 1.29 is 24.4 Å². The number of carboxylic acids is 1. The fraction of sp³-hybridized carbons (Fsp3) is 0.421. The van der Waals surface area contributed by atoms with Gasteiger partial charge in [0.1, 0.15) is 5.75 Å². The van der Waals surface area contributed by atoms with Crippen molar-refractivity contribution in [3.63, 3.8) is 0 Å². The van der Waals surface area contributed by atoms with Crippen LogP contribution in [-0.4, -0.2) is 32.2 Å². The minimum Gasteiger partial charge on any atom is -0.481 e. The van der Waals surface area contributed by atoms with Crippen molar-refractivity contribution in [2.75, 3.05) is 0 Å². The summed E-state index contributed by atoms with van der Waals surface area (Å²) in [5, 5.41) is 21.9. The van der Waals surface area contributed by atoms with E-state index in [1.807, 2.05) is 0 Å². The molecule has 0 amide bonds. The topological polar surface area (TPSA) is 140 Å². The number of carbonyl (C=O) groups is 2. The van der Waals surface area contributed by atoms with Crippen molar-refractivity contribution in [1.29, 1.82) is 0 Å². The Labute approximate surface area is 176 Å². The highest BCUT2D eigenvalue weighted by Crippen LogP contribution is 2.68. The number of nitrogens with zero attached hydrogens (tertiary/aromatic N) is 1. The summed E-state index contributed by atoms with van der Waals surface area (Å²) >= 11 is 2.55. The van der Waals surface area contributed by atoms with Crippen molar-refractivity contribution in [2.24, 2.45) is 29.6 Å². The summed E-state index contributed by atoms with van der Waals surface area (Å²) in [6, 6.07) is 4.10. The van der Waals surface area contributed by atoms with Gasteiger partial charge in [-0.25, -0.2) is 0 Å². The molecule has 0 radical (unpaired) electrons. The van der Waals surface area contributed by atoms with Crippen LogP contribution in [0.1, 0.15) is 22.8 Å². The molecule has 7 atom stereocenters. The first kappa shape index (κ1) is 18.1. The zero-order valence-electron chi connectivity index (χ0n) is 15.1. The van der Waals surface area contributed by atoms with Crippen molar-refractivity contribution >= 4 is 40.7 Å². The van der Waals surface area contributed by atoms with Crippen molar-refractivity contribution in [3.8, 4) is 5.75 Å². The van der Waals surface area contributed by atoms with Gasteiger partial charge >= 0.3 is 16.8 Å². The number of nitro benzene ring substituents is 1. The first-order valence-corrected chi connectivity index (χ1v) is 11.2. The number of ether oxygens (including phenoxy) is 1. The number of aromatic amines is 1. The zero-order valence-corrected chi connectivity index (χ0v) is 16.8. The van der Waals surface area contributed by atoms with E-state index in [0.29, 0.717) is 17.0 Å². The Bertz CT molecular complexity index is 1200. The number of nitro groups is 1. The fourth-order valence-electron chi connectivity index (χ4n) is 6.10. The third-order valence-electron chi connectivity index (χ3n) is 7.02. The molecule has 1 aromatic heterocycles. The average Bonchev–Trinajstić information content (AvgIpc) is 3.35. The Kier molecular flexibility index (Phi) is 3.59. The van der Waals surface area contributed by atoms with E-state index < -0.39 is 28.7 Å². The summed E-state index contributed by atoms with van der Waals surface area (Å²) in [5.74, 6) is -3.84. The standard InChI is InChI=1S/C19H14N2O7S2/c22-17(23)12-8-4-7-11-10(15-16(29-14(8)11)20-19(25)30-15)6-3-5(21(26)27)1-2-9(6)28-18(24)13(7)12/h1-3,7-8,10-14H,4H2,(H,20,25)(H,22,23). The van der Waals surface area contributed by atoms with Crippen LogP contribution in [0.4, 0.5) is 5.69 Å². The zero-order chi connectivity index (χ0) is 20.9. The second-order valence-corrected chi connectivity index (χ2v) is 10.4. The molecule has 11 heteroatoms. The van der Waals surface area contributed by atoms with Crippen LogP contribution in [0.2, 0.25) is 0 Å². The summed E-state index contributed by atoms with van der Waals surface area (Å²) in [5.41, 5.74) is 0.398. The molecule has 0 saturated heterocycles. The van der Waals surface area contributed by atoms with Gasteiger partial charge in [0.05, 0.1) is 21.8 Å². The quantitative estimate of drug-likeness (QED) is 0.310. The minimum atomic E-state index is -1.01. The average molecular weight is 446 g/mol. The normalized spacial score (nSPS) is 35.1. The van der Waals surface area contributed by atoms with Crippen LogP contribution in [0.25, 0.3) is 0 Å². The van der Waals surface area contributed by atoms with Gasteiger partial charge in [0.15, 0.2) is 0 Å². The van der Waals surface area contributed by atoms with E-state index in [4.69, 9.17) is 4.74 Å². The minimum absolute atomic E-state index is 0.0897. The van der Waals surface area contributed by atoms with Crippen LogP contribution in [0.3, 0.4) is 0 Å². The van der Waals surface area contributed by atoms with E-state index in [2.05, 4.69) is 4.98 Å². The Morgan fingerprint density at radius 2 is 2.10 bits per heavy atom. The number of nitrogens with one attached hydrogen (secondary N) is 1. The molecule has 3 heterocycles. The molecule has 2 aliphatic carbocycles. The van der Waals surface area contributed by atoms with Crippen LogP contribution in [0, 0.1) is 39.7 Å². The molecule has 2 aromatic rings. The SMILES string of the molecule is O=C(O)C1C2CC3C1C(=O)Oc1ccc([N+](=O)[O-])cc1C1c4sc(=O)[nH]c4SC2C13. The van der Waals surface area contributed by atoms with Gasteiger partial charge in [0.25, 0.3) is 5.69 Å². The molecule has 2 N–H and O–H groups in total. The predicted molar refractivity (Wildman–Crippen MR) is 105 cm³/mol. The number of thiazole rings is 1. The van der Waals surface area contributed by atoms with Gasteiger partial charge in [-0.3, -0.25) is 24.5 Å². The number of carboxylic acid groups (broad SMARTS) is 1. The number of aromatic nitrogens is 1. The number of benzene rings is 1. The molecule has 9 nitrogen and oxygen atoms in total. The first-order valence-electron chi connectivity index (χ1n) is 9.47. The molecule has 1 aromatic carbocycles. The number of H-pyrrole nitrogens is 1. The molecule has 2 aliphatic heterocycles. The molecule has 154 valence electrons. The van der Waals surface area contributed by atoms with Gasteiger partial charge in [-0.05, 0) is 30.2 Å². The Morgan fingerprint density at radius 1 is 1.30 bits per heavy atom. The van der Waals surface area contributed by atoms with Gasteiger partial charge in [0.2, 0.25) is 0 Å². The van der Waals surface area contributed by atoms with Gasteiger partial charge in [0, 0.05) is 33.7 Å².